The van der Waals surface area contributed by atoms with E-state index in [1.807, 2.05) is 4.90 Å². The van der Waals surface area contributed by atoms with E-state index in [0.29, 0.717) is 36.6 Å². The second-order valence-electron chi connectivity index (χ2n) is 4.97. The van der Waals surface area contributed by atoms with E-state index in [-0.39, 0.29) is 11.9 Å². The number of morpholine rings is 1. The van der Waals surface area contributed by atoms with Crippen molar-refractivity contribution in [2.75, 3.05) is 30.4 Å². The van der Waals surface area contributed by atoms with Gasteiger partial charge in [0.2, 0.25) is 11.9 Å². The standard InChI is InChI=1S/C12H16ClN5O2/c13-8-5-15-12(14)17-10(8)18-3-4-20-6-9(18)11(19)16-7-1-2-7/h5,7,9H,1-4,6H2,(H,16,19)(H2,14,15,17). The van der Waals surface area contributed by atoms with Gasteiger partial charge in [0.05, 0.1) is 19.4 Å². The van der Waals surface area contributed by atoms with Crippen molar-refractivity contribution in [2.24, 2.45) is 0 Å². The predicted molar refractivity (Wildman–Crippen MR) is 74.6 cm³/mol. The summed E-state index contributed by atoms with van der Waals surface area (Å²) in [6.45, 7) is 1.38. The molecule has 0 spiro atoms. The zero-order chi connectivity index (χ0) is 14.1. The van der Waals surface area contributed by atoms with Gasteiger partial charge < -0.3 is 20.7 Å². The number of nitrogens with zero attached hydrogens (tertiary/aromatic N) is 3. The summed E-state index contributed by atoms with van der Waals surface area (Å²) in [5.41, 5.74) is 5.61. The lowest BCUT2D eigenvalue weighted by Gasteiger charge is -2.35. The van der Waals surface area contributed by atoms with Gasteiger partial charge in [-0.3, -0.25) is 4.79 Å². The molecule has 1 amide bonds. The van der Waals surface area contributed by atoms with Gasteiger partial charge in [-0.25, -0.2) is 4.98 Å². The molecule has 0 aromatic carbocycles. The molecule has 2 aliphatic rings. The Kier molecular flexibility index (Phi) is 3.62. The molecule has 1 atom stereocenters. The minimum atomic E-state index is -0.434. The molecule has 1 aliphatic heterocycles. The van der Waals surface area contributed by atoms with Crippen LogP contribution in [0.5, 0.6) is 0 Å². The maximum absolute atomic E-state index is 12.3. The second-order valence-corrected chi connectivity index (χ2v) is 5.37. The van der Waals surface area contributed by atoms with Crippen molar-refractivity contribution in [1.82, 2.24) is 15.3 Å². The van der Waals surface area contributed by atoms with Crippen molar-refractivity contribution in [3.05, 3.63) is 11.2 Å². The van der Waals surface area contributed by atoms with E-state index >= 15 is 0 Å². The van der Waals surface area contributed by atoms with E-state index in [2.05, 4.69) is 15.3 Å². The van der Waals surface area contributed by atoms with Gasteiger partial charge in [0, 0.05) is 12.6 Å². The van der Waals surface area contributed by atoms with Gasteiger partial charge >= 0.3 is 0 Å². The number of nitrogens with one attached hydrogen (secondary N) is 1. The van der Waals surface area contributed by atoms with Gasteiger partial charge in [0.15, 0.2) is 5.82 Å². The van der Waals surface area contributed by atoms with Crippen LogP contribution in [0.3, 0.4) is 0 Å². The fourth-order valence-corrected chi connectivity index (χ4v) is 2.37. The lowest BCUT2D eigenvalue weighted by molar-refractivity contribution is -0.124. The quantitative estimate of drug-likeness (QED) is 0.827. The molecule has 20 heavy (non-hydrogen) atoms. The molecule has 1 aromatic heterocycles. The van der Waals surface area contributed by atoms with Crippen molar-refractivity contribution in [1.29, 1.82) is 0 Å². The lowest BCUT2D eigenvalue weighted by atomic mass is 10.2. The zero-order valence-electron chi connectivity index (χ0n) is 10.9. The lowest BCUT2D eigenvalue weighted by Crippen LogP contribution is -2.54. The minimum absolute atomic E-state index is 0.0551. The molecule has 0 radical (unpaired) electrons. The molecule has 0 bridgehead atoms. The first-order valence-electron chi connectivity index (χ1n) is 6.58. The number of anilines is 2. The first-order chi connectivity index (χ1) is 9.65. The monoisotopic (exact) mass is 297 g/mol. The maximum Gasteiger partial charge on any atom is 0.245 e. The number of rotatable bonds is 3. The summed E-state index contributed by atoms with van der Waals surface area (Å²) < 4.78 is 5.41. The van der Waals surface area contributed by atoms with Gasteiger partial charge in [-0.05, 0) is 12.8 Å². The zero-order valence-corrected chi connectivity index (χ0v) is 11.6. The largest absolute Gasteiger partial charge is 0.377 e. The van der Waals surface area contributed by atoms with Crippen LogP contribution in [0.15, 0.2) is 6.20 Å². The minimum Gasteiger partial charge on any atom is -0.377 e. The molecular weight excluding hydrogens is 282 g/mol. The third kappa shape index (κ3) is 2.78. The molecule has 2 heterocycles. The molecule has 108 valence electrons. The number of carbonyl (C=O) groups is 1. The highest BCUT2D eigenvalue weighted by Crippen LogP contribution is 2.27. The Hall–Kier alpha value is -1.60. The van der Waals surface area contributed by atoms with Crippen LogP contribution in [0.4, 0.5) is 11.8 Å². The second kappa shape index (κ2) is 5.41. The van der Waals surface area contributed by atoms with Crippen LogP contribution in [-0.2, 0) is 9.53 Å². The summed E-state index contributed by atoms with van der Waals surface area (Å²) in [4.78, 5) is 22.1. The number of hydrogen-bond acceptors (Lipinski definition) is 6. The third-order valence-corrected chi connectivity index (χ3v) is 3.64. The van der Waals surface area contributed by atoms with Crippen molar-refractivity contribution in [3.63, 3.8) is 0 Å². The fourth-order valence-electron chi connectivity index (χ4n) is 2.17. The number of amides is 1. The first-order valence-corrected chi connectivity index (χ1v) is 6.95. The molecule has 3 N–H and O–H groups in total. The Morgan fingerprint density at radius 1 is 1.55 bits per heavy atom. The van der Waals surface area contributed by atoms with Gasteiger partial charge in [0.25, 0.3) is 0 Å². The normalized spacial score (nSPS) is 22.6. The SMILES string of the molecule is Nc1ncc(Cl)c(N2CCOCC2C(=O)NC2CC2)n1. The van der Waals surface area contributed by atoms with Gasteiger partial charge in [-0.1, -0.05) is 11.6 Å². The molecular formula is C12H16ClN5O2. The van der Waals surface area contributed by atoms with Crippen molar-refractivity contribution in [2.45, 2.75) is 24.9 Å². The number of nitrogen functional groups attached to an aromatic ring is 1. The molecule has 1 unspecified atom stereocenters. The smallest absolute Gasteiger partial charge is 0.245 e. The van der Waals surface area contributed by atoms with E-state index in [4.69, 9.17) is 22.1 Å². The van der Waals surface area contributed by atoms with E-state index < -0.39 is 6.04 Å². The number of halogens is 1. The highest BCUT2D eigenvalue weighted by Gasteiger charge is 2.34. The van der Waals surface area contributed by atoms with Gasteiger partial charge in [-0.15, -0.1) is 0 Å². The molecule has 1 saturated carbocycles. The summed E-state index contributed by atoms with van der Waals surface area (Å²) in [7, 11) is 0. The van der Waals surface area contributed by atoms with Crippen molar-refractivity contribution in [3.8, 4) is 0 Å². The number of ether oxygens (including phenoxy) is 1. The van der Waals surface area contributed by atoms with Gasteiger partial charge in [-0.2, -0.15) is 4.98 Å². The van der Waals surface area contributed by atoms with Crippen molar-refractivity contribution < 1.29 is 9.53 Å². The Bertz CT molecular complexity index is 523. The molecule has 3 rings (SSSR count). The van der Waals surface area contributed by atoms with Crippen LogP contribution in [0.2, 0.25) is 5.02 Å². The van der Waals surface area contributed by atoms with Crippen LogP contribution in [0, 0.1) is 0 Å². The summed E-state index contributed by atoms with van der Waals surface area (Å²) in [5.74, 6) is 0.566. The Morgan fingerprint density at radius 2 is 2.35 bits per heavy atom. The molecule has 1 saturated heterocycles. The molecule has 7 nitrogen and oxygen atoms in total. The van der Waals surface area contributed by atoms with E-state index in [1.54, 1.807) is 0 Å². The maximum atomic E-state index is 12.3. The van der Waals surface area contributed by atoms with E-state index in [9.17, 15) is 4.79 Å². The van der Waals surface area contributed by atoms with E-state index in [1.165, 1.54) is 6.20 Å². The Labute approximate surface area is 121 Å². The summed E-state index contributed by atoms with van der Waals surface area (Å²) in [6.07, 6.45) is 3.53. The third-order valence-electron chi connectivity index (χ3n) is 3.37. The number of nitrogens with two attached hydrogens (primary N) is 1. The predicted octanol–water partition coefficient (Wildman–Crippen LogP) is 0.196. The Balaban J connectivity index is 1.83. The highest BCUT2D eigenvalue weighted by atomic mass is 35.5. The van der Waals surface area contributed by atoms with Crippen LogP contribution < -0.4 is 16.0 Å². The summed E-state index contributed by atoms with van der Waals surface area (Å²) in [6, 6.07) is -0.131. The molecule has 2 fully saturated rings. The van der Waals surface area contributed by atoms with Crippen LogP contribution in [-0.4, -0.2) is 47.7 Å². The first kappa shape index (κ1) is 13.4. The highest BCUT2D eigenvalue weighted by molar-refractivity contribution is 6.32. The van der Waals surface area contributed by atoms with Crippen LogP contribution >= 0.6 is 11.6 Å². The summed E-state index contributed by atoms with van der Waals surface area (Å²) in [5, 5.41) is 3.36. The van der Waals surface area contributed by atoms with Crippen LogP contribution in [0.25, 0.3) is 0 Å². The average Bonchev–Trinajstić information content (AvgIpc) is 3.25. The molecule has 8 heteroatoms. The fraction of sp³-hybridized carbons (Fsp3) is 0.583. The van der Waals surface area contributed by atoms with Crippen molar-refractivity contribution >= 4 is 29.3 Å². The topological polar surface area (TPSA) is 93.4 Å². The molecule has 1 aromatic rings. The van der Waals surface area contributed by atoms with Crippen LogP contribution in [0.1, 0.15) is 12.8 Å². The summed E-state index contributed by atoms with van der Waals surface area (Å²) >= 11 is 6.12. The number of carbonyl (C=O) groups excluding carboxylic acids is 1. The number of hydrogen-bond donors (Lipinski definition) is 2. The average molecular weight is 298 g/mol. The number of aromatic nitrogens is 2. The van der Waals surface area contributed by atoms with E-state index in [0.717, 1.165) is 12.8 Å². The Morgan fingerprint density at radius 3 is 3.10 bits per heavy atom. The molecule has 1 aliphatic carbocycles. The van der Waals surface area contributed by atoms with Gasteiger partial charge in [0.1, 0.15) is 11.1 Å².